The lowest BCUT2D eigenvalue weighted by Gasteiger charge is -2.10. The molecule has 142 valence electrons. The van der Waals surface area contributed by atoms with Crippen LogP contribution < -0.4 is 9.46 Å². The number of methoxy groups -OCH3 is 1. The highest BCUT2D eigenvalue weighted by Crippen LogP contribution is 2.23. The molecule has 7 nitrogen and oxygen atoms in total. The van der Waals surface area contributed by atoms with Crippen LogP contribution in [0.25, 0.3) is 11.4 Å². The number of hydrogen-bond donors (Lipinski definition) is 1. The monoisotopic (exact) mass is 387 g/mol. The van der Waals surface area contributed by atoms with Gasteiger partial charge in [-0.1, -0.05) is 41.9 Å². The van der Waals surface area contributed by atoms with E-state index in [-0.39, 0.29) is 17.3 Å². The molecule has 0 atom stereocenters. The van der Waals surface area contributed by atoms with Crippen LogP contribution in [0.5, 0.6) is 5.75 Å². The summed E-state index contributed by atoms with van der Waals surface area (Å²) in [5.74, 6) is 1.27. The molecule has 1 N–H and O–H groups in total. The van der Waals surface area contributed by atoms with Crippen molar-refractivity contribution in [3.8, 4) is 17.1 Å². The standard InChI is InChI=1S/C19H21N3O4S/c1-4-14-11-16(9-10-17(14)25-3)27(23,24)20-12-18-21-19(22-26-18)15-7-5-13(2)6-8-15/h5-11,20H,4,12H2,1-3H3. The Kier molecular flexibility index (Phi) is 5.57. The van der Waals surface area contributed by atoms with Crippen molar-refractivity contribution in [2.75, 3.05) is 7.11 Å². The van der Waals surface area contributed by atoms with Gasteiger partial charge in [-0.25, -0.2) is 13.1 Å². The minimum Gasteiger partial charge on any atom is -0.496 e. The Labute approximate surface area is 158 Å². The first-order valence-electron chi connectivity index (χ1n) is 8.49. The van der Waals surface area contributed by atoms with Crippen LogP contribution in [0.4, 0.5) is 0 Å². The molecule has 1 aromatic heterocycles. The Morgan fingerprint density at radius 1 is 1.15 bits per heavy atom. The summed E-state index contributed by atoms with van der Waals surface area (Å²) >= 11 is 0. The number of nitrogens with zero attached hydrogens (tertiary/aromatic N) is 2. The van der Waals surface area contributed by atoms with E-state index in [0.29, 0.717) is 18.0 Å². The molecule has 0 aliphatic rings. The number of hydrogen-bond acceptors (Lipinski definition) is 6. The van der Waals surface area contributed by atoms with Gasteiger partial charge in [0.05, 0.1) is 18.6 Å². The lowest BCUT2D eigenvalue weighted by atomic mass is 10.1. The topological polar surface area (TPSA) is 94.3 Å². The predicted molar refractivity (Wildman–Crippen MR) is 101 cm³/mol. The van der Waals surface area contributed by atoms with Gasteiger partial charge < -0.3 is 9.26 Å². The fraction of sp³-hybridized carbons (Fsp3) is 0.263. The second-order valence-electron chi connectivity index (χ2n) is 6.03. The van der Waals surface area contributed by atoms with E-state index in [1.165, 1.54) is 6.07 Å². The molecule has 0 saturated carbocycles. The van der Waals surface area contributed by atoms with Crippen molar-refractivity contribution in [1.29, 1.82) is 0 Å². The van der Waals surface area contributed by atoms with Crippen LogP contribution in [-0.2, 0) is 23.0 Å². The molecule has 0 spiro atoms. The third-order valence-electron chi connectivity index (χ3n) is 4.13. The van der Waals surface area contributed by atoms with Crippen LogP contribution in [0.3, 0.4) is 0 Å². The van der Waals surface area contributed by atoms with Crippen LogP contribution in [0, 0.1) is 6.92 Å². The van der Waals surface area contributed by atoms with Crippen molar-refractivity contribution in [1.82, 2.24) is 14.9 Å². The SMILES string of the molecule is CCc1cc(S(=O)(=O)NCc2nc(-c3ccc(C)cc3)no2)ccc1OC. The third kappa shape index (κ3) is 4.35. The second kappa shape index (κ2) is 7.89. The van der Waals surface area contributed by atoms with E-state index < -0.39 is 10.0 Å². The lowest BCUT2D eigenvalue weighted by Crippen LogP contribution is -2.23. The molecule has 0 radical (unpaired) electrons. The van der Waals surface area contributed by atoms with E-state index in [1.807, 2.05) is 38.1 Å². The van der Waals surface area contributed by atoms with Crippen molar-refractivity contribution in [3.63, 3.8) is 0 Å². The van der Waals surface area contributed by atoms with Gasteiger partial charge in [-0.2, -0.15) is 4.98 Å². The van der Waals surface area contributed by atoms with Crippen LogP contribution >= 0.6 is 0 Å². The van der Waals surface area contributed by atoms with Crippen LogP contribution in [0.1, 0.15) is 23.9 Å². The number of aromatic nitrogens is 2. The van der Waals surface area contributed by atoms with Crippen molar-refractivity contribution >= 4 is 10.0 Å². The average Bonchev–Trinajstić information content (AvgIpc) is 3.15. The van der Waals surface area contributed by atoms with Gasteiger partial charge in [0.2, 0.25) is 21.7 Å². The van der Waals surface area contributed by atoms with Gasteiger partial charge in [0.15, 0.2) is 0 Å². The normalized spacial score (nSPS) is 11.5. The number of benzene rings is 2. The molecule has 0 aliphatic heterocycles. The van der Waals surface area contributed by atoms with Crippen LogP contribution in [-0.4, -0.2) is 25.7 Å². The van der Waals surface area contributed by atoms with Gasteiger partial charge >= 0.3 is 0 Å². The van der Waals surface area contributed by atoms with Gasteiger partial charge in [-0.15, -0.1) is 0 Å². The zero-order valence-electron chi connectivity index (χ0n) is 15.4. The average molecular weight is 387 g/mol. The first-order valence-corrected chi connectivity index (χ1v) is 9.97. The summed E-state index contributed by atoms with van der Waals surface area (Å²) in [5, 5.41) is 3.90. The lowest BCUT2D eigenvalue weighted by molar-refractivity contribution is 0.376. The minimum absolute atomic E-state index is 0.0886. The van der Waals surface area contributed by atoms with Crippen molar-refractivity contribution < 1.29 is 17.7 Å². The molecule has 2 aromatic carbocycles. The second-order valence-corrected chi connectivity index (χ2v) is 7.80. The molecule has 0 aliphatic carbocycles. The third-order valence-corrected chi connectivity index (χ3v) is 5.53. The fourth-order valence-corrected chi connectivity index (χ4v) is 3.61. The van der Waals surface area contributed by atoms with Gasteiger partial charge in [-0.05, 0) is 37.1 Å². The number of ether oxygens (including phenoxy) is 1. The Bertz CT molecular complexity index is 1030. The highest BCUT2D eigenvalue weighted by molar-refractivity contribution is 7.89. The summed E-state index contributed by atoms with van der Waals surface area (Å²) in [6.07, 6.45) is 0.663. The molecule has 0 saturated heterocycles. The molecular formula is C19H21N3O4S. The van der Waals surface area contributed by atoms with E-state index in [2.05, 4.69) is 14.9 Å². The molecule has 3 aromatic rings. The molecule has 8 heteroatoms. The number of nitrogens with one attached hydrogen (secondary N) is 1. The summed E-state index contributed by atoms with van der Waals surface area (Å²) in [6.45, 7) is 3.84. The molecule has 0 amide bonds. The summed E-state index contributed by atoms with van der Waals surface area (Å²) in [6, 6.07) is 12.4. The molecular weight excluding hydrogens is 366 g/mol. The van der Waals surface area contributed by atoms with E-state index in [9.17, 15) is 8.42 Å². The molecule has 27 heavy (non-hydrogen) atoms. The van der Waals surface area contributed by atoms with Crippen molar-refractivity contribution in [2.45, 2.75) is 31.7 Å². The highest BCUT2D eigenvalue weighted by atomic mass is 32.2. The quantitative estimate of drug-likeness (QED) is 0.669. The zero-order valence-corrected chi connectivity index (χ0v) is 16.2. The van der Waals surface area contributed by atoms with Crippen molar-refractivity contribution in [2.24, 2.45) is 0 Å². The largest absolute Gasteiger partial charge is 0.496 e. The molecule has 1 heterocycles. The number of sulfonamides is 1. The van der Waals surface area contributed by atoms with E-state index >= 15 is 0 Å². The molecule has 3 rings (SSSR count). The van der Waals surface area contributed by atoms with Gasteiger partial charge in [0.1, 0.15) is 5.75 Å². The first kappa shape index (κ1) is 19.1. The van der Waals surface area contributed by atoms with Crippen LogP contribution in [0.15, 0.2) is 51.9 Å². The highest BCUT2D eigenvalue weighted by Gasteiger charge is 2.18. The zero-order chi connectivity index (χ0) is 19.4. The number of rotatable bonds is 7. The summed E-state index contributed by atoms with van der Waals surface area (Å²) < 4.78 is 38.0. The molecule has 0 fully saturated rings. The van der Waals surface area contributed by atoms with Gasteiger partial charge in [0.25, 0.3) is 0 Å². The first-order chi connectivity index (χ1) is 12.9. The van der Waals surface area contributed by atoms with Gasteiger partial charge in [0, 0.05) is 5.56 Å². The molecule has 0 unspecified atom stereocenters. The summed E-state index contributed by atoms with van der Waals surface area (Å²) in [4.78, 5) is 4.41. The van der Waals surface area contributed by atoms with E-state index in [4.69, 9.17) is 9.26 Å². The maximum absolute atomic E-state index is 12.5. The summed E-state index contributed by atoms with van der Waals surface area (Å²) in [5.41, 5.74) is 2.75. The summed E-state index contributed by atoms with van der Waals surface area (Å²) in [7, 11) is -2.15. The number of aryl methyl sites for hydroxylation is 2. The van der Waals surface area contributed by atoms with Crippen molar-refractivity contribution in [3.05, 3.63) is 59.5 Å². The Morgan fingerprint density at radius 2 is 1.89 bits per heavy atom. The Morgan fingerprint density at radius 3 is 2.56 bits per heavy atom. The van der Waals surface area contributed by atoms with E-state index in [0.717, 1.165) is 16.7 Å². The van der Waals surface area contributed by atoms with E-state index in [1.54, 1.807) is 19.2 Å². The fourth-order valence-electron chi connectivity index (χ4n) is 2.59. The minimum atomic E-state index is -3.71. The Hall–Kier alpha value is -2.71. The Balaban J connectivity index is 1.73. The molecule has 0 bridgehead atoms. The van der Waals surface area contributed by atoms with Crippen LogP contribution in [0.2, 0.25) is 0 Å². The van der Waals surface area contributed by atoms with Gasteiger partial charge in [-0.3, -0.25) is 0 Å². The maximum Gasteiger partial charge on any atom is 0.242 e. The smallest absolute Gasteiger partial charge is 0.242 e. The predicted octanol–water partition coefficient (Wildman–Crippen LogP) is 3.09. The maximum atomic E-state index is 12.5.